The Balaban J connectivity index is 1.95. The molecule has 2 rings (SSSR count). The van der Waals surface area contributed by atoms with Crippen LogP contribution in [-0.2, 0) is 6.54 Å². The van der Waals surface area contributed by atoms with Gasteiger partial charge >= 0.3 is 0 Å². The minimum absolute atomic E-state index is 0.444. The third kappa shape index (κ3) is 2.73. The molecule has 0 saturated carbocycles. The predicted molar refractivity (Wildman–Crippen MR) is 73.4 cm³/mol. The molecule has 0 aliphatic heterocycles. The van der Waals surface area contributed by atoms with Crippen molar-refractivity contribution in [3.63, 3.8) is 0 Å². The molecule has 86 valence electrons. The lowest BCUT2D eigenvalue weighted by atomic mass is 10.2. The third-order valence-corrected chi connectivity index (χ3v) is 4.78. The summed E-state index contributed by atoms with van der Waals surface area (Å²) in [4.78, 5) is 4.24. The van der Waals surface area contributed by atoms with E-state index >= 15 is 0 Å². The molecule has 0 aliphatic carbocycles. The van der Waals surface area contributed by atoms with E-state index in [1.165, 1.54) is 20.2 Å². The molecule has 2 aromatic heterocycles. The van der Waals surface area contributed by atoms with E-state index in [0.29, 0.717) is 6.04 Å². The summed E-state index contributed by atoms with van der Waals surface area (Å²) in [5.41, 5.74) is 1.44. The monoisotopic (exact) mass is 251 g/mol. The summed E-state index contributed by atoms with van der Waals surface area (Å²) in [6, 6.07) is 7.03. The van der Waals surface area contributed by atoms with Gasteiger partial charge in [-0.3, -0.25) is 0 Å². The fourth-order valence-corrected chi connectivity index (χ4v) is 3.47. The molecule has 0 aromatic carbocycles. The quantitative estimate of drug-likeness (QED) is 0.855. The molecule has 0 amide bonds. The molecular weight excluding hydrogens is 234 g/mol. The van der Waals surface area contributed by atoms with E-state index < -0.39 is 0 Å². The Morgan fingerprint density at radius 3 is 2.75 bits per heavy atom. The summed E-state index contributed by atoms with van der Waals surface area (Å²) in [7, 11) is 0. The first-order valence-electron chi connectivity index (χ1n) is 5.49. The van der Waals surface area contributed by atoms with Gasteiger partial charge in [0, 0.05) is 27.2 Å². The lowest BCUT2D eigenvalue weighted by molar-refractivity contribution is 0.582. The molecule has 1 nitrogen and oxygen atoms in total. The highest BCUT2D eigenvalue weighted by molar-refractivity contribution is 7.12. The summed E-state index contributed by atoms with van der Waals surface area (Å²) in [6.07, 6.45) is 0. The Morgan fingerprint density at radius 1 is 1.38 bits per heavy atom. The molecule has 2 aromatic rings. The van der Waals surface area contributed by atoms with Crippen molar-refractivity contribution in [3.05, 3.63) is 43.8 Å². The van der Waals surface area contributed by atoms with Gasteiger partial charge in [0.25, 0.3) is 0 Å². The van der Waals surface area contributed by atoms with Crippen LogP contribution in [0.1, 0.15) is 33.2 Å². The number of thiophene rings is 2. The molecular formula is C13H17NS2. The summed E-state index contributed by atoms with van der Waals surface area (Å²) >= 11 is 3.70. The highest BCUT2D eigenvalue weighted by Crippen LogP contribution is 2.22. The van der Waals surface area contributed by atoms with Crippen molar-refractivity contribution < 1.29 is 0 Å². The van der Waals surface area contributed by atoms with Gasteiger partial charge in [0.2, 0.25) is 0 Å². The van der Waals surface area contributed by atoms with Gasteiger partial charge in [0.15, 0.2) is 0 Å². The minimum Gasteiger partial charge on any atom is -0.305 e. The van der Waals surface area contributed by atoms with E-state index in [2.05, 4.69) is 49.7 Å². The van der Waals surface area contributed by atoms with Crippen molar-refractivity contribution in [2.45, 2.75) is 33.4 Å². The number of aryl methyl sites for hydroxylation is 2. The highest BCUT2D eigenvalue weighted by atomic mass is 32.1. The standard InChI is InChI=1S/C13H17NS2/c1-9-7-12(11(3)16-9)8-14-10(2)13-5-4-6-15-13/h4-7,10,14H,8H2,1-3H3. The third-order valence-electron chi connectivity index (χ3n) is 2.71. The molecule has 0 fully saturated rings. The van der Waals surface area contributed by atoms with Crippen molar-refractivity contribution in [3.8, 4) is 0 Å². The Bertz CT molecular complexity index is 442. The van der Waals surface area contributed by atoms with Crippen LogP contribution in [0, 0.1) is 13.8 Å². The van der Waals surface area contributed by atoms with E-state index in [4.69, 9.17) is 0 Å². The first-order valence-corrected chi connectivity index (χ1v) is 7.19. The molecule has 1 atom stereocenters. The summed E-state index contributed by atoms with van der Waals surface area (Å²) in [6.45, 7) is 7.56. The van der Waals surface area contributed by atoms with Gasteiger partial charge in [-0.2, -0.15) is 0 Å². The normalized spacial score (nSPS) is 12.9. The minimum atomic E-state index is 0.444. The van der Waals surface area contributed by atoms with Crippen LogP contribution in [0.25, 0.3) is 0 Å². The smallest absolute Gasteiger partial charge is 0.0388 e. The largest absolute Gasteiger partial charge is 0.305 e. The Kier molecular flexibility index (Phi) is 3.79. The van der Waals surface area contributed by atoms with Crippen LogP contribution >= 0.6 is 22.7 Å². The van der Waals surface area contributed by atoms with E-state index in [9.17, 15) is 0 Å². The predicted octanol–water partition coefficient (Wildman–Crippen LogP) is 4.28. The molecule has 3 heteroatoms. The van der Waals surface area contributed by atoms with Crippen molar-refractivity contribution in [2.24, 2.45) is 0 Å². The summed E-state index contributed by atoms with van der Waals surface area (Å²) in [5.74, 6) is 0. The second-order valence-electron chi connectivity index (χ2n) is 4.06. The zero-order valence-electron chi connectivity index (χ0n) is 9.91. The molecule has 1 N–H and O–H groups in total. The molecule has 16 heavy (non-hydrogen) atoms. The average molecular weight is 251 g/mol. The van der Waals surface area contributed by atoms with E-state index in [1.54, 1.807) is 0 Å². The van der Waals surface area contributed by atoms with Crippen molar-refractivity contribution in [2.75, 3.05) is 0 Å². The molecule has 0 saturated heterocycles. The van der Waals surface area contributed by atoms with Crippen molar-refractivity contribution in [1.29, 1.82) is 0 Å². The number of hydrogen-bond donors (Lipinski definition) is 1. The Hall–Kier alpha value is -0.640. The van der Waals surface area contributed by atoms with Crippen LogP contribution in [-0.4, -0.2) is 0 Å². The topological polar surface area (TPSA) is 12.0 Å². The maximum Gasteiger partial charge on any atom is 0.0388 e. The van der Waals surface area contributed by atoms with Crippen molar-refractivity contribution in [1.82, 2.24) is 5.32 Å². The number of hydrogen-bond acceptors (Lipinski definition) is 3. The maximum absolute atomic E-state index is 3.57. The molecule has 0 spiro atoms. The van der Waals surface area contributed by atoms with E-state index in [-0.39, 0.29) is 0 Å². The molecule has 2 heterocycles. The van der Waals surface area contributed by atoms with Crippen molar-refractivity contribution >= 4 is 22.7 Å². The average Bonchev–Trinajstić information content (AvgIpc) is 2.84. The van der Waals surface area contributed by atoms with Gasteiger partial charge in [-0.15, -0.1) is 22.7 Å². The van der Waals surface area contributed by atoms with E-state index in [1.807, 2.05) is 22.7 Å². The van der Waals surface area contributed by atoms with Gasteiger partial charge in [0.1, 0.15) is 0 Å². The van der Waals surface area contributed by atoms with Crippen LogP contribution in [0.4, 0.5) is 0 Å². The zero-order valence-corrected chi connectivity index (χ0v) is 11.5. The van der Waals surface area contributed by atoms with Gasteiger partial charge in [-0.05, 0) is 43.8 Å². The molecule has 0 radical (unpaired) electrons. The van der Waals surface area contributed by atoms with Crippen LogP contribution in [0.3, 0.4) is 0 Å². The Morgan fingerprint density at radius 2 is 2.19 bits per heavy atom. The fraction of sp³-hybridized carbons (Fsp3) is 0.385. The number of rotatable bonds is 4. The van der Waals surface area contributed by atoms with Gasteiger partial charge < -0.3 is 5.32 Å². The first-order chi connectivity index (χ1) is 7.66. The summed E-state index contributed by atoms with van der Waals surface area (Å²) in [5, 5.41) is 5.70. The second kappa shape index (κ2) is 5.13. The molecule has 1 unspecified atom stereocenters. The second-order valence-corrected chi connectivity index (χ2v) is 6.50. The Labute approximate surface area is 105 Å². The fourth-order valence-electron chi connectivity index (χ4n) is 1.76. The van der Waals surface area contributed by atoms with Gasteiger partial charge in [0.05, 0.1) is 0 Å². The van der Waals surface area contributed by atoms with Gasteiger partial charge in [-0.1, -0.05) is 6.07 Å². The summed E-state index contributed by atoms with van der Waals surface area (Å²) < 4.78 is 0. The van der Waals surface area contributed by atoms with E-state index in [0.717, 1.165) is 6.54 Å². The lowest BCUT2D eigenvalue weighted by Gasteiger charge is -2.11. The first kappa shape index (κ1) is 11.8. The molecule has 0 bridgehead atoms. The maximum atomic E-state index is 3.57. The zero-order chi connectivity index (χ0) is 11.5. The van der Waals surface area contributed by atoms with Crippen LogP contribution < -0.4 is 5.32 Å². The van der Waals surface area contributed by atoms with Crippen LogP contribution in [0.2, 0.25) is 0 Å². The van der Waals surface area contributed by atoms with Gasteiger partial charge in [-0.25, -0.2) is 0 Å². The lowest BCUT2D eigenvalue weighted by Crippen LogP contribution is -2.17. The highest BCUT2D eigenvalue weighted by Gasteiger charge is 2.07. The SMILES string of the molecule is Cc1cc(CNC(C)c2cccs2)c(C)s1. The van der Waals surface area contributed by atoms with Crippen LogP contribution in [0.5, 0.6) is 0 Å². The van der Waals surface area contributed by atoms with Crippen LogP contribution in [0.15, 0.2) is 23.6 Å². The number of nitrogens with one attached hydrogen (secondary N) is 1. The molecule has 0 aliphatic rings.